The predicted octanol–water partition coefficient (Wildman–Crippen LogP) is 4.42. The van der Waals surface area contributed by atoms with Crippen LogP contribution in [0.5, 0.6) is 5.75 Å². The lowest BCUT2D eigenvalue weighted by Gasteiger charge is -2.12. The first-order chi connectivity index (χ1) is 9.61. The van der Waals surface area contributed by atoms with Crippen molar-refractivity contribution < 1.29 is 14.2 Å². The highest BCUT2D eigenvalue weighted by Crippen LogP contribution is 2.31. The van der Waals surface area contributed by atoms with Crippen LogP contribution in [-0.4, -0.2) is 18.0 Å². The van der Waals surface area contributed by atoms with Crippen LogP contribution < -0.4 is 4.74 Å². The van der Waals surface area contributed by atoms with E-state index in [-0.39, 0.29) is 5.75 Å². The van der Waals surface area contributed by atoms with Crippen molar-refractivity contribution in [2.75, 3.05) is 12.9 Å². The Morgan fingerprint density at radius 2 is 2.05 bits per heavy atom. The molecule has 0 heterocycles. The molecule has 106 valence electrons. The first-order valence-electron chi connectivity index (χ1n) is 6.00. The summed E-state index contributed by atoms with van der Waals surface area (Å²) in [6.07, 6.45) is -0.729. The second kappa shape index (κ2) is 7.11. The minimum absolute atomic E-state index is 0.180. The maximum atomic E-state index is 13.6. The van der Waals surface area contributed by atoms with E-state index in [0.29, 0.717) is 11.3 Å². The van der Waals surface area contributed by atoms with Gasteiger partial charge in [0, 0.05) is 15.1 Å². The highest BCUT2D eigenvalue weighted by molar-refractivity contribution is 9.10. The number of aliphatic hydroxyl groups excluding tert-OH is 1. The van der Waals surface area contributed by atoms with Crippen LogP contribution in [0, 0.1) is 5.82 Å². The van der Waals surface area contributed by atoms with Gasteiger partial charge in [0.05, 0.1) is 13.2 Å². The number of benzene rings is 2. The highest BCUT2D eigenvalue weighted by Gasteiger charge is 2.12. The second-order valence-corrected chi connectivity index (χ2v) is 6.07. The molecular weight excluding hydrogens is 343 g/mol. The van der Waals surface area contributed by atoms with Crippen molar-refractivity contribution in [3.63, 3.8) is 0 Å². The fourth-order valence-electron chi connectivity index (χ4n) is 1.72. The molecule has 0 saturated heterocycles. The standard InChI is InChI=1S/C15H14BrFO2S/c1-19-14-7-6-10(8-12(14)17)13(18)9-20-15-5-3-2-4-11(15)16/h2-8,13,18H,9H2,1H3. The first-order valence-corrected chi connectivity index (χ1v) is 7.78. The maximum Gasteiger partial charge on any atom is 0.165 e. The molecule has 2 aromatic rings. The zero-order valence-electron chi connectivity index (χ0n) is 10.8. The summed E-state index contributed by atoms with van der Waals surface area (Å²) in [4.78, 5) is 1.04. The number of aliphatic hydroxyl groups is 1. The number of halogens is 2. The van der Waals surface area contributed by atoms with Crippen molar-refractivity contribution in [1.82, 2.24) is 0 Å². The molecule has 5 heteroatoms. The van der Waals surface area contributed by atoms with Crippen molar-refractivity contribution in [2.45, 2.75) is 11.0 Å². The molecule has 0 aliphatic carbocycles. The van der Waals surface area contributed by atoms with Gasteiger partial charge in [-0.25, -0.2) is 4.39 Å². The van der Waals surface area contributed by atoms with Gasteiger partial charge >= 0.3 is 0 Å². The Bertz CT molecular complexity index is 592. The van der Waals surface area contributed by atoms with Gasteiger partial charge in [0.25, 0.3) is 0 Å². The number of thioether (sulfide) groups is 1. The zero-order chi connectivity index (χ0) is 14.5. The number of ether oxygens (including phenoxy) is 1. The lowest BCUT2D eigenvalue weighted by molar-refractivity contribution is 0.203. The van der Waals surface area contributed by atoms with E-state index in [1.54, 1.807) is 6.07 Å². The molecule has 0 bridgehead atoms. The van der Waals surface area contributed by atoms with E-state index < -0.39 is 11.9 Å². The van der Waals surface area contributed by atoms with E-state index in [1.807, 2.05) is 24.3 Å². The molecular formula is C15H14BrFO2S. The normalized spacial score (nSPS) is 12.2. The third kappa shape index (κ3) is 3.75. The van der Waals surface area contributed by atoms with E-state index in [2.05, 4.69) is 15.9 Å². The predicted molar refractivity (Wildman–Crippen MR) is 82.8 cm³/mol. The topological polar surface area (TPSA) is 29.5 Å². The van der Waals surface area contributed by atoms with Gasteiger partial charge in [-0.05, 0) is 45.8 Å². The first kappa shape index (κ1) is 15.4. The fourth-order valence-corrected chi connectivity index (χ4v) is 3.26. The van der Waals surface area contributed by atoms with Crippen LogP contribution in [0.2, 0.25) is 0 Å². The summed E-state index contributed by atoms with van der Waals surface area (Å²) in [5.74, 6) is 0.170. The second-order valence-electron chi connectivity index (χ2n) is 4.15. The van der Waals surface area contributed by atoms with Crippen LogP contribution >= 0.6 is 27.7 Å². The molecule has 1 atom stereocenters. The summed E-state index contributed by atoms with van der Waals surface area (Å²) in [5.41, 5.74) is 0.544. The summed E-state index contributed by atoms with van der Waals surface area (Å²) >= 11 is 4.97. The van der Waals surface area contributed by atoms with Gasteiger partial charge in [0.1, 0.15) is 0 Å². The summed E-state index contributed by atoms with van der Waals surface area (Å²) < 4.78 is 19.4. The van der Waals surface area contributed by atoms with Crippen molar-refractivity contribution in [3.8, 4) is 5.75 Å². The number of rotatable bonds is 5. The molecule has 2 nitrogen and oxygen atoms in total. The molecule has 0 spiro atoms. The van der Waals surface area contributed by atoms with Crippen molar-refractivity contribution >= 4 is 27.7 Å². The Morgan fingerprint density at radius 3 is 2.70 bits per heavy atom. The largest absolute Gasteiger partial charge is 0.494 e. The summed E-state index contributed by atoms with van der Waals surface area (Å²) in [5, 5.41) is 10.1. The Labute approximate surface area is 130 Å². The molecule has 1 unspecified atom stereocenters. The van der Waals surface area contributed by atoms with Crippen molar-refractivity contribution in [2.24, 2.45) is 0 Å². The van der Waals surface area contributed by atoms with Crippen LogP contribution in [0.15, 0.2) is 51.8 Å². The van der Waals surface area contributed by atoms with Crippen LogP contribution in [-0.2, 0) is 0 Å². The van der Waals surface area contributed by atoms with E-state index in [0.717, 1.165) is 9.37 Å². The van der Waals surface area contributed by atoms with Crippen LogP contribution in [0.3, 0.4) is 0 Å². The lowest BCUT2D eigenvalue weighted by Crippen LogP contribution is -2.02. The van der Waals surface area contributed by atoms with Gasteiger partial charge < -0.3 is 9.84 Å². The van der Waals surface area contributed by atoms with Crippen LogP contribution in [0.4, 0.5) is 4.39 Å². The number of methoxy groups -OCH3 is 1. The molecule has 2 rings (SSSR count). The SMILES string of the molecule is COc1ccc(C(O)CSc2ccccc2Br)cc1F. The van der Waals surface area contributed by atoms with Gasteiger partial charge in [-0.3, -0.25) is 0 Å². The average molecular weight is 357 g/mol. The molecule has 0 radical (unpaired) electrons. The molecule has 0 amide bonds. The molecule has 2 aromatic carbocycles. The van der Waals surface area contributed by atoms with Gasteiger partial charge in [0.15, 0.2) is 11.6 Å². The smallest absolute Gasteiger partial charge is 0.165 e. The molecule has 0 fully saturated rings. The highest BCUT2D eigenvalue weighted by atomic mass is 79.9. The third-order valence-electron chi connectivity index (χ3n) is 2.79. The van der Waals surface area contributed by atoms with Crippen LogP contribution in [0.25, 0.3) is 0 Å². The summed E-state index contributed by atoms with van der Waals surface area (Å²) in [7, 11) is 1.41. The van der Waals surface area contributed by atoms with Gasteiger partial charge in [-0.1, -0.05) is 18.2 Å². The van der Waals surface area contributed by atoms with E-state index in [1.165, 1.54) is 31.0 Å². The average Bonchev–Trinajstić information content (AvgIpc) is 2.46. The van der Waals surface area contributed by atoms with Crippen molar-refractivity contribution in [3.05, 3.63) is 58.3 Å². The van der Waals surface area contributed by atoms with E-state index >= 15 is 0 Å². The third-order valence-corrected chi connectivity index (χ3v) is 4.90. The number of hydrogen-bond acceptors (Lipinski definition) is 3. The quantitative estimate of drug-likeness (QED) is 0.804. The zero-order valence-corrected chi connectivity index (χ0v) is 13.2. The summed E-state index contributed by atoms with van der Waals surface area (Å²) in [6.45, 7) is 0. The fraction of sp³-hybridized carbons (Fsp3) is 0.200. The molecule has 1 N–H and O–H groups in total. The van der Waals surface area contributed by atoms with Gasteiger partial charge in [-0.2, -0.15) is 0 Å². The number of hydrogen-bond donors (Lipinski definition) is 1. The maximum absolute atomic E-state index is 13.6. The Balaban J connectivity index is 2.03. The van der Waals surface area contributed by atoms with E-state index in [9.17, 15) is 9.50 Å². The van der Waals surface area contributed by atoms with Gasteiger partial charge in [0.2, 0.25) is 0 Å². The monoisotopic (exact) mass is 356 g/mol. The van der Waals surface area contributed by atoms with E-state index in [4.69, 9.17) is 4.74 Å². The summed E-state index contributed by atoms with van der Waals surface area (Å²) in [6, 6.07) is 12.3. The van der Waals surface area contributed by atoms with Gasteiger partial charge in [-0.15, -0.1) is 11.8 Å². The molecule has 0 saturated carbocycles. The minimum Gasteiger partial charge on any atom is -0.494 e. The molecule has 0 aliphatic heterocycles. The van der Waals surface area contributed by atoms with Crippen molar-refractivity contribution in [1.29, 1.82) is 0 Å². The Morgan fingerprint density at radius 1 is 1.30 bits per heavy atom. The minimum atomic E-state index is -0.729. The molecule has 0 aromatic heterocycles. The Hall–Kier alpha value is -1.04. The lowest BCUT2D eigenvalue weighted by atomic mass is 10.1. The Kier molecular flexibility index (Phi) is 5.46. The van der Waals surface area contributed by atoms with Crippen LogP contribution in [0.1, 0.15) is 11.7 Å². The molecule has 20 heavy (non-hydrogen) atoms. The molecule has 0 aliphatic rings.